The molecule has 3 nitrogen and oxygen atoms in total. The molecule has 0 saturated carbocycles. The average molecular weight is 687 g/mol. The predicted octanol–water partition coefficient (Wildman–Crippen LogP) is 12.1. The second kappa shape index (κ2) is 11.3. The smallest absolute Gasteiger partial charge is 0.235 e. The van der Waals surface area contributed by atoms with E-state index in [0.717, 1.165) is 42.6 Å². The van der Waals surface area contributed by atoms with Gasteiger partial charge in [0.15, 0.2) is 0 Å². The van der Waals surface area contributed by atoms with Gasteiger partial charge in [0, 0.05) is 48.2 Å². The minimum atomic E-state index is -1.22. The number of aromatic nitrogens is 2. The van der Waals surface area contributed by atoms with Gasteiger partial charge >= 0.3 is 0 Å². The van der Waals surface area contributed by atoms with Crippen molar-refractivity contribution in [2.75, 3.05) is 4.67 Å². The molecule has 5 heteroatoms. The maximum Gasteiger partial charge on any atom is 0.235 e. The number of anilines is 2. The molecule has 1 atom stereocenters. The van der Waals surface area contributed by atoms with Crippen LogP contribution >= 0.6 is 19.4 Å². The van der Waals surface area contributed by atoms with Gasteiger partial charge in [-0.3, -0.25) is 4.67 Å². The second-order valence-electron chi connectivity index (χ2n) is 12.9. The lowest BCUT2D eigenvalue weighted by Gasteiger charge is -2.40. The van der Waals surface area contributed by atoms with Crippen LogP contribution in [0.4, 0.5) is 11.6 Å². The molecule has 10 aromatic rings. The van der Waals surface area contributed by atoms with E-state index in [-0.39, 0.29) is 0 Å². The molecule has 0 N–H and O–H groups in total. The van der Waals surface area contributed by atoms with E-state index in [1.54, 1.807) is 11.3 Å². The fourth-order valence-electron chi connectivity index (χ4n) is 7.92. The van der Waals surface area contributed by atoms with E-state index in [1.165, 1.54) is 48.7 Å². The van der Waals surface area contributed by atoms with Gasteiger partial charge < -0.3 is 0 Å². The lowest BCUT2D eigenvalue weighted by atomic mass is 9.90. The normalized spacial score (nSPS) is 14.3. The minimum absolute atomic E-state index is 0.545. The minimum Gasteiger partial charge on any atom is -0.278 e. The molecule has 2 aromatic heterocycles. The molecule has 0 spiro atoms. The molecular formula is C46H28N3PS. The summed E-state index contributed by atoms with van der Waals surface area (Å²) in [6.07, 6.45) is 0. The maximum absolute atomic E-state index is 9.05. The van der Waals surface area contributed by atoms with Gasteiger partial charge in [0.2, 0.25) is 5.95 Å². The number of para-hydroxylation sites is 1. The molecule has 11 rings (SSSR count). The van der Waals surface area contributed by atoms with Crippen molar-refractivity contribution in [1.29, 1.82) is 0 Å². The molecule has 8 aromatic carbocycles. The first-order valence-electron chi connectivity index (χ1n) is 17.6. The Morgan fingerprint density at radius 3 is 2.06 bits per heavy atom. The Balaban J connectivity index is 1.38. The molecule has 3 heterocycles. The molecule has 238 valence electrons. The highest BCUT2D eigenvalue weighted by Crippen LogP contribution is 2.62. The third kappa shape index (κ3) is 4.28. The zero-order chi connectivity index (χ0) is 34.3. The lowest BCUT2D eigenvalue weighted by molar-refractivity contribution is 1.17. The fraction of sp³-hybridized carbons (Fsp3) is 0. The summed E-state index contributed by atoms with van der Waals surface area (Å²) in [5.41, 5.74) is 6.45. The van der Waals surface area contributed by atoms with Gasteiger partial charge in [0.25, 0.3) is 0 Å². The zero-order valence-electron chi connectivity index (χ0n) is 28.3. The van der Waals surface area contributed by atoms with E-state index in [4.69, 9.17) is 11.3 Å². The number of rotatable bonds is 3. The first kappa shape index (κ1) is 27.8. The van der Waals surface area contributed by atoms with Crippen molar-refractivity contribution in [3.8, 4) is 22.4 Å². The Morgan fingerprint density at radius 2 is 1.22 bits per heavy atom. The summed E-state index contributed by atoms with van der Waals surface area (Å²) in [6.45, 7) is 0. The molecule has 0 saturated heterocycles. The molecule has 1 aliphatic heterocycles. The van der Waals surface area contributed by atoms with Crippen LogP contribution in [0.15, 0.2) is 170 Å². The standard InChI is InChI=1S/C46H28N3PS/c1-3-16-30(17-4-1)43-35-23-11-13-25-37(35)47-46(48-43)49-44-42(34-22-10-9-21-33(34)40-36-24-12-14-26-39(36)51-45(40)44)41-32-20-8-7-15-29(32)27-28-38(41)50(49)31-18-5-2-6-19-31/h1-28H/i26D. The summed E-state index contributed by atoms with van der Waals surface area (Å²) < 4.78 is 13.7. The predicted molar refractivity (Wildman–Crippen MR) is 220 cm³/mol. The molecule has 0 radical (unpaired) electrons. The summed E-state index contributed by atoms with van der Waals surface area (Å²) in [5.74, 6) is 0.674. The molecule has 0 bridgehead atoms. The second-order valence-corrected chi connectivity index (χ2v) is 15.9. The van der Waals surface area contributed by atoms with Gasteiger partial charge in [-0.1, -0.05) is 158 Å². The van der Waals surface area contributed by atoms with Crippen LogP contribution in [0, 0.1) is 0 Å². The van der Waals surface area contributed by atoms with Crippen LogP contribution < -0.4 is 15.3 Å². The molecule has 1 aliphatic rings. The van der Waals surface area contributed by atoms with E-state index in [9.17, 15) is 0 Å². The SMILES string of the molecule is [2H]c1cccc2c1sc1c3c(c4ccccc4c12)-c1c(ccc2ccccc12)P(c1ccccc1)N3c1nc(-c2ccccc2)c2ccccc2n1. The lowest BCUT2D eigenvalue weighted by Crippen LogP contribution is -2.31. The molecular weight excluding hydrogens is 658 g/mol. The number of hydrogen-bond donors (Lipinski definition) is 0. The van der Waals surface area contributed by atoms with Crippen molar-refractivity contribution in [3.05, 3.63) is 170 Å². The van der Waals surface area contributed by atoms with Crippen molar-refractivity contribution in [2.24, 2.45) is 0 Å². The quantitative estimate of drug-likeness (QED) is 0.173. The molecule has 0 aliphatic carbocycles. The monoisotopic (exact) mass is 686 g/mol. The number of thiophene rings is 1. The Morgan fingerprint density at radius 1 is 0.549 bits per heavy atom. The van der Waals surface area contributed by atoms with E-state index in [0.29, 0.717) is 12.0 Å². The van der Waals surface area contributed by atoms with Gasteiger partial charge in [-0.15, -0.1) is 11.3 Å². The van der Waals surface area contributed by atoms with E-state index in [1.807, 2.05) is 12.1 Å². The maximum atomic E-state index is 9.05. The van der Waals surface area contributed by atoms with Gasteiger partial charge in [0.05, 0.1) is 31.0 Å². The van der Waals surface area contributed by atoms with Gasteiger partial charge in [-0.2, -0.15) is 0 Å². The first-order valence-corrected chi connectivity index (χ1v) is 19.2. The van der Waals surface area contributed by atoms with Crippen LogP contribution in [0.5, 0.6) is 0 Å². The highest BCUT2D eigenvalue weighted by molar-refractivity contribution is 7.75. The van der Waals surface area contributed by atoms with E-state index < -0.39 is 8.07 Å². The van der Waals surface area contributed by atoms with Crippen molar-refractivity contribution >= 4 is 94.3 Å². The van der Waals surface area contributed by atoms with Crippen molar-refractivity contribution < 1.29 is 1.37 Å². The molecule has 51 heavy (non-hydrogen) atoms. The van der Waals surface area contributed by atoms with Crippen molar-refractivity contribution in [3.63, 3.8) is 0 Å². The van der Waals surface area contributed by atoms with Crippen LogP contribution in [0.2, 0.25) is 0 Å². The van der Waals surface area contributed by atoms with Gasteiger partial charge in [-0.25, -0.2) is 9.97 Å². The molecule has 0 fully saturated rings. The average Bonchev–Trinajstić information content (AvgIpc) is 3.61. The van der Waals surface area contributed by atoms with Crippen LogP contribution in [-0.4, -0.2) is 9.97 Å². The third-order valence-corrected chi connectivity index (χ3v) is 13.6. The van der Waals surface area contributed by atoms with Crippen molar-refractivity contribution in [2.45, 2.75) is 0 Å². The van der Waals surface area contributed by atoms with Gasteiger partial charge in [-0.05, 0) is 33.7 Å². The summed E-state index contributed by atoms with van der Waals surface area (Å²) >= 11 is 1.72. The first-order chi connectivity index (χ1) is 25.7. The summed E-state index contributed by atoms with van der Waals surface area (Å²) in [7, 11) is -1.22. The summed E-state index contributed by atoms with van der Waals surface area (Å²) in [5, 5.41) is 10.7. The van der Waals surface area contributed by atoms with E-state index in [2.05, 4.69) is 156 Å². The summed E-state index contributed by atoms with van der Waals surface area (Å²) in [6, 6.07) is 58.6. The van der Waals surface area contributed by atoms with Crippen LogP contribution in [0.3, 0.4) is 0 Å². The number of fused-ring (bicyclic) bond motifs is 13. The van der Waals surface area contributed by atoms with Crippen LogP contribution in [0.25, 0.3) is 75.0 Å². The number of benzene rings is 8. The van der Waals surface area contributed by atoms with Crippen LogP contribution in [0.1, 0.15) is 1.37 Å². The number of hydrogen-bond acceptors (Lipinski definition) is 4. The third-order valence-electron chi connectivity index (χ3n) is 10.1. The number of nitrogens with zero attached hydrogens (tertiary/aromatic N) is 3. The fourth-order valence-corrected chi connectivity index (χ4v) is 11.7. The Hall–Kier alpha value is -5.93. The molecule has 1 unspecified atom stereocenters. The Bertz CT molecular complexity index is 3050. The van der Waals surface area contributed by atoms with E-state index >= 15 is 0 Å². The summed E-state index contributed by atoms with van der Waals surface area (Å²) in [4.78, 5) is 11.0. The highest BCUT2D eigenvalue weighted by Gasteiger charge is 2.39. The van der Waals surface area contributed by atoms with Gasteiger partial charge in [0.1, 0.15) is 0 Å². The molecule has 0 amide bonds. The van der Waals surface area contributed by atoms with Crippen molar-refractivity contribution in [1.82, 2.24) is 9.97 Å². The largest absolute Gasteiger partial charge is 0.278 e. The highest BCUT2D eigenvalue weighted by atomic mass is 32.1. The zero-order valence-corrected chi connectivity index (χ0v) is 29.0. The Kier molecular flexibility index (Phi) is 6.17. The Labute approximate surface area is 301 Å². The van der Waals surface area contributed by atoms with Crippen LogP contribution in [-0.2, 0) is 0 Å². The topological polar surface area (TPSA) is 29.0 Å².